The summed E-state index contributed by atoms with van der Waals surface area (Å²) in [6, 6.07) is 21.1. The lowest BCUT2D eigenvalue weighted by molar-refractivity contribution is 0.0817. The summed E-state index contributed by atoms with van der Waals surface area (Å²) in [5, 5.41) is 0.653. The van der Waals surface area contributed by atoms with Gasteiger partial charge in [0.2, 0.25) is 0 Å². The minimum atomic E-state index is -0.312. The molecule has 198 valence electrons. The lowest BCUT2D eigenvalue weighted by atomic mass is 9.97. The van der Waals surface area contributed by atoms with Crippen LogP contribution < -0.4 is 0 Å². The van der Waals surface area contributed by atoms with Crippen LogP contribution in [0.15, 0.2) is 85.2 Å². The van der Waals surface area contributed by atoms with Crippen molar-refractivity contribution in [2.75, 3.05) is 14.1 Å². The number of amides is 1. The van der Waals surface area contributed by atoms with Crippen molar-refractivity contribution >= 4 is 22.6 Å². The molecule has 0 saturated carbocycles. The number of benzene rings is 3. The Morgan fingerprint density at radius 1 is 0.900 bits per heavy atom. The molecule has 0 fully saturated rings. The van der Waals surface area contributed by atoms with E-state index < -0.39 is 0 Å². The zero-order chi connectivity index (χ0) is 28.0. The minimum Gasteiger partial charge on any atom is -0.350 e. The Balaban J connectivity index is 1.33. The lowest BCUT2D eigenvalue weighted by Crippen LogP contribution is -2.24. The first kappa shape index (κ1) is 25.2. The molecule has 8 heteroatoms. The first-order valence-electron chi connectivity index (χ1n) is 12.8. The van der Waals surface area contributed by atoms with E-state index in [9.17, 15) is 14.0 Å². The normalized spacial score (nSPS) is 11.3. The number of aryl methyl sites for hydroxylation is 1. The average Bonchev–Trinajstić information content (AvgIpc) is 3.51. The molecule has 4 aromatic rings. The number of carbonyl (C=O) groups excluding carboxylic acids is 2. The third kappa shape index (κ3) is 4.64. The molecule has 0 aliphatic carbocycles. The quantitative estimate of drug-likeness (QED) is 0.269. The first-order valence-corrected chi connectivity index (χ1v) is 12.8. The SMILES string of the molecule is Cc1nc2ccn(Cc3ccc(C(=O)c4c(C(=O)N(C)C)[nH]c5cc(-c6ccc(F)cc6)ccc45)cc3)cc-2n1. The van der Waals surface area contributed by atoms with Crippen LogP contribution in [-0.2, 0) is 6.54 Å². The molecule has 0 bridgehead atoms. The van der Waals surface area contributed by atoms with E-state index >= 15 is 0 Å². The molecule has 1 N–H and O–H groups in total. The number of carbonyl (C=O) groups is 2. The van der Waals surface area contributed by atoms with Gasteiger partial charge in [-0.15, -0.1) is 0 Å². The number of ketones is 1. The molecule has 0 spiro atoms. The van der Waals surface area contributed by atoms with E-state index in [1.165, 1.54) is 17.0 Å². The molecule has 3 heterocycles. The number of halogens is 1. The van der Waals surface area contributed by atoms with Gasteiger partial charge in [-0.3, -0.25) is 9.59 Å². The molecule has 40 heavy (non-hydrogen) atoms. The molecule has 6 rings (SSSR count). The molecule has 0 unspecified atom stereocenters. The van der Waals surface area contributed by atoms with Gasteiger partial charge in [0.05, 0.1) is 11.3 Å². The summed E-state index contributed by atoms with van der Waals surface area (Å²) in [4.78, 5) is 40.4. The number of H-pyrrole nitrogens is 1. The second-order valence-corrected chi connectivity index (χ2v) is 10.0. The Morgan fingerprint density at radius 3 is 2.33 bits per heavy atom. The fraction of sp³-hybridized carbons (Fsp3) is 0.125. The third-order valence-corrected chi connectivity index (χ3v) is 6.94. The number of aromatic nitrogens is 4. The highest BCUT2D eigenvalue weighted by molar-refractivity contribution is 6.22. The van der Waals surface area contributed by atoms with Gasteiger partial charge in [-0.25, -0.2) is 14.4 Å². The second kappa shape index (κ2) is 9.89. The van der Waals surface area contributed by atoms with E-state index in [2.05, 4.69) is 15.0 Å². The van der Waals surface area contributed by atoms with E-state index in [4.69, 9.17) is 0 Å². The van der Waals surface area contributed by atoms with Crippen molar-refractivity contribution < 1.29 is 14.0 Å². The van der Waals surface area contributed by atoms with Crippen molar-refractivity contribution in [2.45, 2.75) is 13.5 Å². The third-order valence-electron chi connectivity index (χ3n) is 6.94. The maximum absolute atomic E-state index is 13.8. The van der Waals surface area contributed by atoms with Crippen LogP contribution in [0.4, 0.5) is 4.39 Å². The number of nitrogens with one attached hydrogen (secondary N) is 1. The van der Waals surface area contributed by atoms with Crippen LogP contribution in [0.25, 0.3) is 33.4 Å². The van der Waals surface area contributed by atoms with Gasteiger partial charge in [0, 0.05) is 49.5 Å². The van der Waals surface area contributed by atoms with Gasteiger partial charge in [0.1, 0.15) is 23.0 Å². The highest BCUT2D eigenvalue weighted by Gasteiger charge is 2.25. The fourth-order valence-corrected chi connectivity index (χ4v) is 4.93. The molecule has 0 radical (unpaired) electrons. The largest absolute Gasteiger partial charge is 0.350 e. The Morgan fingerprint density at radius 2 is 1.60 bits per heavy atom. The minimum absolute atomic E-state index is 0.236. The van der Waals surface area contributed by atoms with Gasteiger partial charge >= 0.3 is 0 Å². The molecule has 7 nitrogen and oxygen atoms in total. The van der Waals surface area contributed by atoms with Crippen LogP contribution in [0.3, 0.4) is 0 Å². The maximum atomic E-state index is 13.8. The van der Waals surface area contributed by atoms with Crippen molar-refractivity contribution in [3.63, 3.8) is 0 Å². The number of hydrogen-bond donors (Lipinski definition) is 1. The highest BCUT2D eigenvalue weighted by atomic mass is 19.1. The standard InChI is InChI=1S/C32H26FN5O2/c1-19-34-26-14-15-38(18-28(26)35-19)17-20-4-6-22(7-5-20)31(39)29-25-13-10-23(21-8-11-24(33)12-9-21)16-27(25)36-30(29)32(40)37(2)3/h4-16,18,36H,17H2,1-3H3. The molecular formula is C32H26FN5O2. The van der Waals surface area contributed by atoms with E-state index in [1.807, 2.05) is 60.3 Å². The van der Waals surface area contributed by atoms with E-state index in [1.54, 1.807) is 38.4 Å². The summed E-state index contributed by atoms with van der Waals surface area (Å²) in [5.41, 5.74) is 6.11. The summed E-state index contributed by atoms with van der Waals surface area (Å²) < 4.78 is 15.5. The van der Waals surface area contributed by atoms with Gasteiger partial charge in [-0.1, -0.05) is 48.5 Å². The molecule has 0 saturated heterocycles. The van der Waals surface area contributed by atoms with Gasteiger partial charge in [-0.05, 0) is 47.9 Å². The predicted octanol–water partition coefficient (Wildman–Crippen LogP) is 5.96. The van der Waals surface area contributed by atoms with E-state index in [-0.39, 0.29) is 23.2 Å². The fourth-order valence-electron chi connectivity index (χ4n) is 4.93. The van der Waals surface area contributed by atoms with Gasteiger partial charge in [-0.2, -0.15) is 0 Å². The molecule has 1 aromatic heterocycles. The van der Waals surface area contributed by atoms with Crippen molar-refractivity contribution in [2.24, 2.45) is 0 Å². The monoisotopic (exact) mass is 531 g/mol. The van der Waals surface area contributed by atoms with Crippen molar-refractivity contribution in [1.29, 1.82) is 0 Å². The Bertz CT molecular complexity index is 1850. The predicted molar refractivity (Wildman–Crippen MR) is 152 cm³/mol. The molecule has 0 atom stereocenters. The summed E-state index contributed by atoms with van der Waals surface area (Å²) in [7, 11) is 3.30. The van der Waals surface area contributed by atoms with Gasteiger partial charge in [0.25, 0.3) is 5.91 Å². The highest BCUT2D eigenvalue weighted by Crippen LogP contribution is 2.30. The molecular weight excluding hydrogens is 505 g/mol. The van der Waals surface area contributed by atoms with Crippen molar-refractivity contribution in [3.05, 3.63) is 119 Å². The number of nitrogens with zero attached hydrogens (tertiary/aromatic N) is 4. The van der Waals surface area contributed by atoms with Crippen LogP contribution in [0.1, 0.15) is 37.8 Å². The van der Waals surface area contributed by atoms with Crippen molar-refractivity contribution in [1.82, 2.24) is 24.4 Å². The summed E-state index contributed by atoms with van der Waals surface area (Å²) in [6.45, 7) is 2.48. The first-order chi connectivity index (χ1) is 19.3. The molecule has 2 aliphatic rings. The lowest BCUT2D eigenvalue weighted by Gasteiger charge is -2.11. The number of fused-ring (bicyclic) bond motifs is 2. The Hall–Kier alpha value is -5.11. The van der Waals surface area contributed by atoms with Gasteiger partial charge < -0.3 is 14.5 Å². The number of pyridine rings is 1. The van der Waals surface area contributed by atoms with Crippen LogP contribution in [0, 0.1) is 12.7 Å². The smallest absolute Gasteiger partial charge is 0.270 e. The zero-order valence-corrected chi connectivity index (χ0v) is 22.3. The van der Waals surface area contributed by atoms with Crippen LogP contribution in [0.2, 0.25) is 0 Å². The second-order valence-electron chi connectivity index (χ2n) is 10.0. The number of hydrogen-bond acceptors (Lipinski definition) is 4. The molecule has 3 aromatic carbocycles. The Kier molecular flexibility index (Phi) is 6.23. The molecule has 1 amide bonds. The maximum Gasteiger partial charge on any atom is 0.270 e. The van der Waals surface area contributed by atoms with Crippen LogP contribution in [0.5, 0.6) is 0 Å². The molecule has 2 aliphatic heterocycles. The summed E-state index contributed by atoms with van der Waals surface area (Å²) in [6.07, 6.45) is 3.92. The number of imidazole rings is 1. The van der Waals surface area contributed by atoms with Gasteiger partial charge in [0.15, 0.2) is 5.78 Å². The summed E-state index contributed by atoms with van der Waals surface area (Å²) in [5.74, 6) is -0.105. The number of aromatic amines is 1. The van der Waals surface area contributed by atoms with Crippen LogP contribution in [-0.4, -0.2) is 50.2 Å². The summed E-state index contributed by atoms with van der Waals surface area (Å²) >= 11 is 0. The Labute approximate surface area is 230 Å². The topological polar surface area (TPSA) is 83.9 Å². The number of rotatable bonds is 6. The average molecular weight is 532 g/mol. The van der Waals surface area contributed by atoms with E-state index in [0.717, 1.165) is 33.9 Å². The van der Waals surface area contributed by atoms with E-state index in [0.29, 0.717) is 28.6 Å². The van der Waals surface area contributed by atoms with Crippen LogP contribution >= 0.6 is 0 Å². The zero-order valence-electron chi connectivity index (χ0n) is 22.3. The van der Waals surface area contributed by atoms with Crippen molar-refractivity contribution in [3.8, 4) is 22.5 Å².